The van der Waals surface area contributed by atoms with E-state index in [9.17, 15) is 30.3 Å². The first kappa shape index (κ1) is 19.3. The van der Waals surface area contributed by atoms with Crippen molar-refractivity contribution >= 4 is 32.9 Å². The number of benzene rings is 1. The van der Waals surface area contributed by atoms with Crippen molar-refractivity contribution in [3.05, 3.63) is 30.3 Å². The molecule has 0 amide bonds. The summed E-state index contributed by atoms with van der Waals surface area (Å²) >= 11 is 2.19. The third kappa shape index (κ3) is 5.74. The van der Waals surface area contributed by atoms with Crippen molar-refractivity contribution in [1.29, 1.82) is 0 Å². The van der Waals surface area contributed by atoms with Crippen molar-refractivity contribution in [3.63, 3.8) is 0 Å². The topological polar surface area (TPSA) is 20.1 Å². The summed E-state index contributed by atoms with van der Waals surface area (Å²) in [7, 11) is -6.85. The van der Waals surface area contributed by atoms with E-state index in [1.807, 2.05) is 0 Å². The Hall–Kier alpha value is -0.705. The summed E-state index contributed by atoms with van der Waals surface area (Å²) in [5.74, 6) is 0. The van der Waals surface area contributed by atoms with Crippen LogP contribution in [0.1, 0.15) is 0 Å². The maximum atomic E-state index is 13.3. The lowest BCUT2D eigenvalue weighted by Gasteiger charge is -2.13. The molecule has 0 aliphatic carbocycles. The summed E-state index contributed by atoms with van der Waals surface area (Å²) in [5, 5.41) is 0. The average Bonchev–Trinajstić information content (AvgIpc) is 2.25. The Labute approximate surface area is 121 Å². The number of hydrogen-bond donors (Lipinski definition) is 0. The van der Waals surface area contributed by atoms with Crippen LogP contribution in [0.25, 0.3) is 0 Å². The van der Waals surface area contributed by atoms with Crippen molar-refractivity contribution in [3.8, 4) is 0 Å². The third-order valence-corrected chi connectivity index (χ3v) is 5.77. The van der Waals surface area contributed by atoms with Gasteiger partial charge in [-0.3, -0.25) is 0 Å². The molecule has 1 atom stereocenters. The van der Waals surface area contributed by atoms with Gasteiger partial charge in [0.25, 0.3) is 9.73 Å². The van der Waals surface area contributed by atoms with Crippen LogP contribution in [0.5, 0.6) is 0 Å². The monoisotopic (exact) mass is 385 g/mol. The quantitative estimate of drug-likeness (QED) is 0.325. The lowest BCUT2D eigenvalue weighted by atomic mass is 10.3. The Morgan fingerprint density at radius 3 is 1.70 bits per heavy atom. The standard InChI is InChI=1S/C9H11BrF2NOS.BF4/c1-13(2)15(14,9(10,11)12)8-6-4-3-5-7-8;2-1(3,4)5/h3-7H,1-2H3;/q+1;-1. The van der Waals surface area contributed by atoms with Gasteiger partial charge in [0.15, 0.2) is 0 Å². The van der Waals surface area contributed by atoms with Crippen molar-refractivity contribution < 1.29 is 34.2 Å². The van der Waals surface area contributed by atoms with Gasteiger partial charge < -0.3 is 17.3 Å². The van der Waals surface area contributed by atoms with Crippen LogP contribution >= 0.6 is 15.9 Å². The van der Waals surface area contributed by atoms with Crippen LogP contribution in [0, 0.1) is 0 Å². The van der Waals surface area contributed by atoms with E-state index in [4.69, 9.17) is 0 Å². The normalized spacial score (nSPS) is 14.8. The number of nitrogens with zero attached hydrogens (tertiary/aromatic N) is 1. The lowest BCUT2D eigenvalue weighted by molar-refractivity contribution is -0.442. The van der Waals surface area contributed by atoms with Gasteiger partial charge in [-0.05, 0) is 12.1 Å². The second-order valence-corrected chi connectivity index (χ2v) is 7.88. The van der Waals surface area contributed by atoms with Crippen molar-refractivity contribution in [2.45, 2.75) is 9.06 Å². The summed E-state index contributed by atoms with van der Waals surface area (Å²) in [4.78, 5) is 0.108. The van der Waals surface area contributed by atoms with Gasteiger partial charge >= 0.3 is 11.4 Å². The van der Waals surface area contributed by atoms with Crippen LogP contribution in [0.15, 0.2) is 35.2 Å². The van der Waals surface area contributed by atoms with Gasteiger partial charge in [0, 0.05) is 15.9 Å². The molecule has 0 heterocycles. The van der Waals surface area contributed by atoms with Gasteiger partial charge in [0.2, 0.25) is 0 Å². The van der Waals surface area contributed by atoms with E-state index in [1.165, 1.54) is 26.2 Å². The largest absolute Gasteiger partial charge is 0.673 e. The molecule has 1 aromatic carbocycles. The van der Waals surface area contributed by atoms with E-state index in [0.717, 1.165) is 3.95 Å². The molecule has 2 nitrogen and oxygen atoms in total. The molecule has 0 saturated carbocycles. The molecule has 0 N–H and O–H groups in total. The Morgan fingerprint density at radius 1 is 1.10 bits per heavy atom. The van der Waals surface area contributed by atoms with E-state index < -0.39 is 21.1 Å². The van der Waals surface area contributed by atoms with Crippen LogP contribution in [-0.4, -0.2) is 33.7 Å². The molecule has 0 aliphatic heterocycles. The SMILES string of the molecule is C[N+](C)=S(=O)(c1ccccc1)C(F)(F)Br.F[B-](F)(F)F. The fraction of sp³-hybridized carbons (Fsp3) is 0.333. The van der Waals surface area contributed by atoms with Crippen LogP contribution in [0.3, 0.4) is 0 Å². The van der Waals surface area contributed by atoms with Crippen LogP contribution in [-0.2, 0) is 9.73 Å². The summed E-state index contributed by atoms with van der Waals surface area (Å²) in [6.07, 6.45) is 0. The van der Waals surface area contributed by atoms with E-state index in [0.29, 0.717) is 0 Å². The second-order valence-electron chi connectivity index (χ2n) is 3.59. The molecule has 0 saturated heterocycles. The highest BCUT2D eigenvalue weighted by molar-refractivity contribution is 9.11. The average molecular weight is 386 g/mol. The molecule has 0 spiro atoms. The predicted molar refractivity (Wildman–Crippen MR) is 69.0 cm³/mol. The molecule has 1 aromatic rings. The molecule has 11 heteroatoms. The first-order valence-electron chi connectivity index (χ1n) is 5.00. The Balaban J connectivity index is 0.000000621. The van der Waals surface area contributed by atoms with Gasteiger partial charge in [-0.1, -0.05) is 18.2 Å². The van der Waals surface area contributed by atoms with Crippen molar-refractivity contribution in [2.75, 3.05) is 14.1 Å². The fourth-order valence-electron chi connectivity index (χ4n) is 1.16. The molecular weight excluding hydrogens is 375 g/mol. The van der Waals surface area contributed by atoms with E-state index >= 15 is 0 Å². The highest BCUT2D eigenvalue weighted by Gasteiger charge is 2.46. The highest BCUT2D eigenvalue weighted by Crippen LogP contribution is 2.35. The molecule has 0 aliphatic rings. The minimum Gasteiger partial charge on any atom is -0.418 e. The lowest BCUT2D eigenvalue weighted by Crippen LogP contribution is -2.28. The van der Waals surface area contributed by atoms with Crippen LogP contribution in [0.2, 0.25) is 0 Å². The Bertz CT molecular complexity index is 540. The zero-order valence-corrected chi connectivity index (χ0v) is 12.8. The van der Waals surface area contributed by atoms with Crippen molar-refractivity contribution in [1.82, 2.24) is 0 Å². The number of alkyl halides is 3. The smallest absolute Gasteiger partial charge is 0.418 e. The van der Waals surface area contributed by atoms with E-state index in [-0.39, 0.29) is 4.90 Å². The van der Waals surface area contributed by atoms with Gasteiger partial charge in [-0.2, -0.15) is 16.9 Å². The Morgan fingerprint density at radius 2 is 1.45 bits per heavy atom. The maximum Gasteiger partial charge on any atom is 0.673 e. The zero-order chi connectivity index (χ0) is 16.2. The molecule has 1 rings (SSSR count). The highest BCUT2D eigenvalue weighted by atomic mass is 79.9. The van der Waals surface area contributed by atoms with Crippen LogP contribution < -0.4 is 0 Å². The predicted octanol–water partition coefficient (Wildman–Crippen LogP) is 4.03. The zero-order valence-electron chi connectivity index (χ0n) is 10.4. The molecule has 116 valence electrons. The number of halogens is 7. The van der Waals surface area contributed by atoms with Gasteiger partial charge in [0.05, 0.1) is 4.90 Å². The number of hydrogen-bond acceptors (Lipinski definition) is 1. The molecule has 20 heavy (non-hydrogen) atoms. The summed E-state index contributed by atoms with van der Waals surface area (Å²) in [5.41, 5.74) is 0. The second kappa shape index (κ2) is 6.84. The van der Waals surface area contributed by atoms with Gasteiger partial charge in [0.1, 0.15) is 14.1 Å². The molecule has 0 bridgehead atoms. The third-order valence-electron chi connectivity index (χ3n) is 1.89. The molecular formula is C9H11BBrF6NOS. The minimum absolute atomic E-state index is 0.108. The summed E-state index contributed by atoms with van der Waals surface area (Å²) in [6.45, 7) is 0. The minimum atomic E-state index is -6.00. The maximum absolute atomic E-state index is 13.3. The molecule has 0 radical (unpaired) electrons. The van der Waals surface area contributed by atoms with Gasteiger partial charge in [-0.25, -0.2) is 0 Å². The first-order chi connectivity index (χ1) is 8.80. The molecule has 0 aromatic heterocycles. The molecule has 1 unspecified atom stereocenters. The first-order valence-corrected chi connectivity index (χ1v) is 7.31. The molecule has 0 fully saturated rings. The number of rotatable bonds is 2. The van der Waals surface area contributed by atoms with Gasteiger partial charge in [-0.15, -0.1) is 0 Å². The van der Waals surface area contributed by atoms with Crippen molar-refractivity contribution in [2.24, 2.45) is 0 Å². The summed E-state index contributed by atoms with van der Waals surface area (Å²) < 4.78 is 75.4. The van der Waals surface area contributed by atoms with E-state index in [2.05, 4.69) is 15.9 Å². The fourth-order valence-corrected chi connectivity index (χ4v) is 4.21. The summed E-state index contributed by atoms with van der Waals surface area (Å²) in [6, 6.07) is 7.70. The van der Waals surface area contributed by atoms with E-state index in [1.54, 1.807) is 18.2 Å². The van der Waals surface area contributed by atoms with Crippen LogP contribution in [0.4, 0.5) is 26.0 Å². The Kier molecular flexibility index (Phi) is 6.59.